The van der Waals surface area contributed by atoms with Gasteiger partial charge < -0.3 is 9.84 Å². The molecule has 0 saturated heterocycles. The van der Waals surface area contributed by atoms with Crippen LogP contribution in [0.25, 0.3) is 11.1 Å². The van der Waals surface area contributed by atoms with E-state index in [-0.39, 0.29) is 11.5 Å². The zero-order chi connectivity index (χ0) is 15.7. The van der Waals surface area contributed by atoms with Crippen molar-refractivity contribution in [2.45, 2.75) is 6.42 Å². The summed E-state index contributed by atoms with van der Waals surface area (Å²) in [6.45, 7) is 4.08. The second-order valence-electron chi connectivity index (χ2n) is 5.19. The van der Waals surface area contributed by atoms with Crippen LogP contribution in [0.2, 0.25) is 0 Å². The number of rotatable bonds is 2. The van der Waals surface area contributed by atoms with Crippen molar-refractivity contribution >= 4 is 11.1 Å². The second-order valence-corrected chi connectivity index (χ2v) is 5.19. The van der Waals surface area contributed by atoms with Gasteiger partial charge in [0.15, 0.2) is 11.5 Å². The van der Waals surface area contributed by atoms with Crippen LogP contribution >= 0.6 is 0 Å². The van der Waals surface area contributed by atoms with Crippen LogP contribution < -0.4 is 4.74 Å². The first-order valence-corrected chi connectivity index (χ1v) is 6.94. The van der Waals surface area contributed by atoms with Crippen LogP contribution in [-0.4, -0.2) is 12.2 Å². The Kier molecular flexibility index (Phi) is 3.44. The molecule has 1 N–H and O–H groups in total. The summed E-state index contributed by atoms with van der Waals surface area (Å²) >= 11 is 0. The highest BCUT2D eigenvalue weighted by Crippen LogP contribution is 2.42. The number of aromatic hydroxyl groups is 1. The number of phenolic OH excluding ortho intramolecular Hbond substituents is 1. The van der Waals surface area contributed by atoms with Crippen molar-refractivity contribution in [1.29, 1.82) is 5.26 Å². The molecule has 1 aliphatic rings. The third-order valence-corrected chi connectivity index (χ3v) is 3.85. The molecule has 3 nitrogen and oxygen atoms in total. The lowest BCUT2D eigenvalue weighted by Crippen LogP contribution is -2.06. The first-order valence-electron chi connectivity index (χ1n) is 6.94. The molecule has 0 saturated carbocycles. The molecule has 22 heavy (non-hydrogen) atoms. The molecule has 0 aromatic heterocycles. The molecule has 0 unspecified atom stereocenters. The predicted molar refractivity (Wildman–Crippen MR) is 86.5 cm³/mol. The number of fused-ring (bicyclic) bond motifs is 1. The van der Waals surface area contributed by atoms with Crippen LogP contribution in [0.3, 0.4) is 0 Å². The smallest absolute Gasteiger partial charge is 0.178 e. The Hall–Kier alpha value is -2.99. The van der Waals surface area contributed by atoms with E-state index < -0.39 is 0 Å². The largest absolute Gasteiger partial charge is 0.504 e. The molecule has 0 radical (unpaired) electrons. The summed E-state index contributed by atoms with van der Waals surface area (Å²) in [7, 11) is 1.44. The highest BCUT2D eigenvalue weighted by Gasteiger charge is 2.23. The molecule has 2 aromatic rings. The van der Waals surface area contributed by atoms with Gasteiger partial charge in [-0.1, -0.05) is 43.0 Å². The van der Waals surface area contributed by atoms with Crippen molar-refractivity contribution in [2.24, 2.45) is 0 Å². The summed E-state index contributed by atoms with van der Waals surface area (Å²) in [6, 6.07) is 13.8. The Morgan fingerprint density at radius 3 is 2.64 bits per heavy atom. The second kappa shape index (κ2) is 5.42. The normalized spacial score (nSPS) is 13.1. The van der Waals surface area contributed by atoms with Gasteiger partial charge in [-0.3, -0.25) is 0 Å². The zero-order valence-electron chi connectivity index (χ0n) is 12.3. The number of phenols is 1. The Morgan fingerprint density at radius 1 is 1.27 bits per heavy atom. The number of benzene rings is 2. The van der Waals surface area contributed by atoms with E-state index in [9.17, 15) is 10.4 Å². The fourth-order valence-electron chi connectivity index (χ4n) is 2.90. The molecule has 0 heterocycles. The predicted octanol–water partition coefficient (Wildman–Crippen LogP) is 3.93. The van der Waals surface area contributed by atoms with E-state index in [1.165, 1.54) is 7.11 Å². The standard InChI is InChI=1S/C19H15NO2/c1-12-8-14(13-6-4-3-5-7-13)9-15-10-17(21)19(22-2)16(11-20)18(12)15/h3-8,10,21H,1,9H2,2H3. The Balaban J connectivity index is 2.16. The quantitative estimate of drug-likeness (QED) is 0.911. The highest BCUT2D eigenvalue weighted by molar-refractivity contribution is 5.92. The minimum atomic E-state index is -0.0140. The summed E-state index contributed by atoms with van der Waals surface area (Å²) in [6.07, 6.45) is 2.64. The van der Waals surface area contributed by atoms with Crippen LogP contribution in [-0.2, 0) is 6.42 Å². The van der Waals surface area contributed by atoms with E-state index >= 15 is 0 Å². The van der Waals surface area contributed by atoms with Crippen LogP contribution in [0.5, 0.6) is 11.5 Å². The first-order chi connectivity index (χ1) is 10.7. The fraction of sp³-hybridized carbons (Fsp3) is 0.105. The molecule has 0 amide bonds. The number of methoxy groups -OCH3 is 1. The SMILES string of the molecule is C=C1C=C(c2ccccc2)Cc2cc(O)c(OC)c(C#N)c21. The monoisotopic (exact) mass is 289 g/mol. The van der Waals surface area contributed by atoms with Gasteiger partial charge in [0, 0.05) is 5.56 Å². The van der Waals surface area contributed by atoms with E-state index in [2.05, 4.69) is 12.6 Å². The van der Waals surface area contributed by atoms with E-state index in [4.69, 9.17) is 4.74 Å². The van der Waals surface area contributed by atoms with E-state index in [1.54, 1.807) is 6.07 Å². The van der Waals surface area contributed by atoms with Gasteiger partial charge in [-0.15, -0.1) is 0 Å². The minimum Gasteiger partial charge on any atom is -0.504 e. The average Bonchev–Trinajstić information content (AvgIpc) is 2.54. The van der Waals surface area contributed by atoms with E-state index in [0.29, 0.717) is 12.0 Å². The zero-order valence-corrected chi connectivity index (χ0v) is 12.3. The molecule has 2 aromatic carbocycles. The molecular formula is C19H15NO2. The third-order valence-electron chi connectivity index (χ3n) is 3.85. The Labute approximate surface area is 129 Å². The molecule has 1 aliphatic carbocycles. The van der Waals surface area contributed by atoms with E-state index in [1.807, 2.05) is 36.4 Å². The number of hydrogen-bond donors (Lipinski definition) is 1. The van der Waals surface area contributed by atoms with Gasteiger partial charge in [-0.2, -0.15) is 5.26 Å². The maximum absolute atomic E-state index is 10.1. The van der Waals surface area contributed by atoms with Gasteiger partial charge in [0.05, 0.1) is 7.11 Å². The minimum absolute atomic E-state index is 0.0140. The van der Waals surface area contributed by atoms with Crippen molar-refractivity contribution in [3.05, 3.63) is 71.3 Å². The number of ether oxygens (including phenoxy) is 1. The Bertz CT molecular complexity index is 827. The third kappa shape index (κ3) is 2.15. The van der Waals surface area contributed by atoms with Crippen molar-refractivity contribution in [1.82, 2.24) is 0 Å². The van der Waals surface area contributed by atoms with Crippen molar-refractivity contribution in [2.75, 3.05) is 7.11 Å². The molecule has 0 fully saturated rings. The summed E-state index contributed by atoms with van der Waals surface area (Å²) in [5.74, 6) is 0.193. The maximum atomic E-state index is 10.1. The summed E-state index contributed by atoms with van der Waals surface area (Å²) in [5, 5.41) is 19.5. The highest BCUT2D eigenvalue weighted by atomic mass is 16.5. The van der Waals surface area contributed by atoms with Gasteiger partial charge in [-0.25, -0.2) is 0 Å². The Morgan fingerprint density at radius 2 is 2.00 bits per heavy atom. The maximum Gasteiger partial charge on any atom is 0.178 e. The molecule has 3 heteroatoms. The van der Waals surface area contributed by atoms with Gasteiger partial charge >= 0.3 is 0 Å². The van der Waals surface area contributed by atoms with Crippen molar-refractivity contribution in [3.8, 4) is 17.6 Å². The van der Waals surface area contributed by atoms with Crippen molar-refractivity contribution in [3.63, 3.8) is 0 Å². The molecule has 0 aliphatic heterocycles. The van der Waals surface area contributed by atoms with Gasteiger partial charge in [0.25, 0.3) is 0 Å². The summed E-state index contributed by atoms with van der Waals surface area (Å²) < 4.78 is 5.16. The molecular weight excluding hydrogens is 274 g/mol. The summed E-state index contributed by atoms with van der Waals surface area (Å²) in [5.41, 5.74) is 4.98. The van der Waals surface area contributed by atoms with Gasteiger partial charge in [0.1, 0.15) is 11.6 Å². The lowest BCUT2D eigenvalue weighted by molar-refractivity contribution is 0.372. The molecule has 0 spiro atoms. The lowest BCUT2D eigenvalue weighted by Gasteiger charge is -2.22. The van der Waals surface area contributed by atoms with Crippen LogP contribution in [0.4, 0.5) is 0 Å². The van der Waals surface area contributed by atoms with Crippen LogP contribution in [0, 0.1) is 11.3 Å². The number of allylic oxidation sites excluding steroid dienone is 3. The fourth-order valence-corrected chi connectivity index (χ4v) is 2.90. The van der Waals surface area contributed by atoms with Crippen molar-refractivity contribution < 1.29 is 9.84 Å². The van der Waals surface area contributed by atoms with Crippen LogP contribution in [0.15, 0.2) is 49.1 Å². The average molecular weight is 289 g/mol. The lowest BCUT2D eigenvalue weighted by atomic mass is 9.83. The van der Waals surface area contributed by atoms with E-state index in [0.717, 1.165) is 27.8 Å². The van der Waals surface area contributed by atoms with Gasteiger partial charge in [0.2, 0.25) is 0 Å². The van der Waals surface area contributed by atoms with Gasteiger partial charge in [-0.05, 0) is 34.8 Å². The number of nitriles is 1. The molecule has 0 atom stereocenters. The molecule has 108 valence electrons. The molecule has 0 bridgehead atoms. The van der Waals surface area contributed by atoms with Crippen LogP contribution in [0.1, 0.15) is 22.3 Å². The molecule has 3 rings (SSSR count). The number of nitrogens with zero attached hydrogens (tertiary/aromatic N) is 1. The number of hydrogen-bond acceptors (Lipinski definition) is 3. The summed E-state index contributed by atoms with van der Waals surface area (Å²) in [4.78, 5) is 0. The first kappa shape index (κ1) is 14.0. The topological polar surface area (TPSA) is 53.2 Å².